The fourth-order valence-electron chi connectivity index (χ4n) is 1.28. The van der Waals surface area contributed by atoms with E-state index in [2.05, 4.69) is 13.8 Å². The summed E-state index contributed by atoms with van der Waals surface area (Å²) in [6, 6.07) is 0. The highest BCUT2D eigenvalue weighted by Crippen LogP contribution is 2.30. The highest BCUT2D eigenvalue weighted by atomic mass is 16.2. The van der Waals surface area contributed by atoms with E-state index in [4.69, 9.17) is 0 Å². The first-order valence-corrected chi connectivity index (χ1v) is 4.58. The molecule has 0 saturated heterocycles. The van der Waals surface area contributed by atoms with Gasteiger partial charge in [0.25, 0.3) is 0 Å². The molecule has 0 spiro atoms. The minimum atomic E-state index is 0.384. The zero-order chi connectivity index (χ0) is 8.27. The third kappa shape index (κ3) is 2.21. The van der Waals surface area contributed by atoms with Crippen molar-refractivity contribution in [3.8, 4) is 0 Å². The molecular formula is C9H17NO. The van der Waals surface area contributed by atoms with Crippen LogP contribution in [0.1, 0.15) is 33.1 Å². The van der Waals surface area contributed by atoms with Crippen molar-refractivity contribution in [1.29, 1.82) is 0 Å². The molecule has 0 aliphatic heterocycles. The van der Waals surface area contributed by atoms with E-state index >= 15 is 0 Å². The van der Waals surface area contributed by atoms with E-state index in [0.29, 0.717) is 11.8 Å². The molecule has 0 bridgehead atoms. The molecular weight excluding hydrogens is 138 g/mol. The Hall–Kier alpha value is -0.530. The fraction of sp³-hybridized carbons (Fsp3) is 0.889. The second kappa shape index (κ2) is 3.74. The number of carbonyl (C=O) groups is 1. The van der Waals surface area contributed by atoms with E-state index in [9.17, 15) is 4.79 Å². The van der Waals surface area contributed by atoms with Gasteiger partial charge in [-0.2, -0.15) is 0 Å². The number of rotatable bonds is 4. The van der Waals surface area contributed by atoms with Gasteiger partial charge in [0, 0.05) is 19.0 Å². The Labute approximate surface area is 68.6 Å². The highest BCUT2D eigenvalue weighted by Gasteiger charge is 2.32. The zero-order valence-electron chi connectivity index (χ0n) is 7.47. The van der Waals surface area contributed by atoms with Crippen molar-refractivity contribution in [2.45, 2.75) is 33.1 Å². The summed E-state index contributed by atoms with van der Waals surface area (Å²) in [5, 5.41) is 0. The van der Waals surface area contributed by atoms with Crippen molar-refractivity contribution < 1.29 is 4.79 Å². The van der Waals surface area contributed by atoms with Crippen molar-refractivity contribution in [2.75, 3.05) is 13.1 Å². The van der Waals surface area contributed by atoms with Gasteiger partial charge in [-0.3, -0.25) is 4.79 Å². The molecule has 1 rings (SSSR count). The molecule has 0 heterocycles. The summed E-state index contributed by atoms with van der Waals surface area (Å²) < 4.78 is 0. The summed E-state index contributed by atoms with van der Waals surface area (Å²) in [5.74, 6) is 0.774. The Morgan fingerprint density at radius 1 is 1.45 bits per heavy atom. The Morgan fingerprint density at radius 3 is 2.45 bits per heavy atom. The standard InChI is InChI=1S/C9H17NO/c1-3-7-10(4-2)9(11)8-5-6-8/h8H,3-7H2,1-2H3. The molecule has 0 aromatic heterocycles. The Morgan fingerprint density at radius 2 is 2.09 bits per heavy atom. The van der Waals surface area contributed by atoms with E-state index in [0.717, 1.165) is 32.4 Å². The van der Waals surface area contributed by atoms with Crippen molar-refractivity contribution in [3.63, 3.8) is 0 Å². The lowest BCUT2D eigenvalue weighted by atomic mass is 10.3. The lowest BCUT2D eigenvalue weighted by Crippen LogP contribution is -2.32. The topological polar surface area (TPSA) is 20.3 Å². The summed E-state index contributed by atoms with van der Waals surface area (Å²) in [4.78, 5) is 13.4. The van der Waals surface area contributed by atoms with Crippen LogP contribution in [0.15, 0.2) is 0 Å². The van der Waals surface area contributed by atoms with Gasteiger partial charge in [-0.05, 0) is 26.2 Å². The van der Waals surface area contributed by atoms with Gasteiger partial charge in [0.15, 0.2) is 0 Å². The van der Waals surface area contributed by atoms with E-state index in [-0.39, 0.29) is 0 Å². The molecule has 0 radical (unpaired) electrons. The highest BCUT2D eigenvalue weighted by molar-refractivity contribution is 5.80. The first-order chi connectivity index (χ1) is 5.29. The van der Waals surface area contributed by atoms with Gasteiger partial charge < -0.3 is 4.90 Å². The molecule has 2 nitrogen and oxygen atoms in total. The van der Waals surface area contributed by atoms with E-state index in [1.807, 2.05) is 4.90 Å². The van der Waals surface area contributed by atoms with Crippen LogP contribution >= 0.6 is 0 Å². The molecule has 0 aromatic carbocycles. The van der Waals surface area contributed by atoms with Crippen LogP contribution < -0.4 is 0 Å². The van der Waals surface area contributed by atoms with Crippen LogP contribution in [-0.2, 0) is 4.79 Å². The zero-order valence-corrected chi connectivity index (χ0v) is 7.47. The second-order valence-electron chi connectivity index (χ2n) is 3.19. The molecule has 2 heteroatoms. The van der Waals surface area contributed by atoms with Crippen LogP contribution in [0.2, 0.25) is 0 Å². The average molecular weight is 155 g/mol. The molecule has 0 atom stereocenters. The van der Waals surface area contributed by atoms with Crippen LogP contribution in [0.5, 0.6) is 0 Å². The van der Waals surface area contributed by atoms with Gasteiger partial charge in [-0.25, -0.2) is 0 Å². The summed E-state index contributed by atoms with van der Waals surface area (Å²) in [7, 11) is 0. The normalized spacial score (nSPS) is 16.5. The summed E-state index contributed by atoms with van der Waals surface area (Å²) in [6.07, 6.45) is 3.32. The second-order valence-corrected chi connectivity index (χ2v) is 3.19. The van der Waals surface area contributed by atoms with Crippen LogP contribution in [0.4, 0.5) is 0 Å². The summed E-state index contributed by atoms with van der Waals surface area (Å²) >= 11 is 0. The van der Waals surface area contributed by atoms with Crippen molar-refractivity contribution in [2.24, 2.45) is 5.92 Å². The minimum Gasteiger partial charge on any atom is -0.343 e. The minimum absolute atomic E-state index is 0.384. The molecule has 1 amide bonds. The van der Waals surface area contributed by atoms with Gasteiger partial charge in [-0.1, -0.05) is 6.92 Å². The fourth-order valence-corrected chi connectivity index (χ4v) is 1.28. The molecule has 0 N–H and O–H groups in total. The molecule has 1 aliphatic rings. The molecule has 1 aliphatic carbocycles. The monoisotopic (exact) mass is 155 g/mol. The largest absolute Gasteiger partial charge is 0.343 e. The molecule has 0 aromatic rings. The molecule has 1 fully saturated rings. The van der Waals surface area contributed by atoms with Gasteiger partial charge in [-0.15, -0.1) is 0 Å². The van der Waals surface area contributed by atoms with E-state index < -0.39 is 0 Å². The third-order valence-electron chi connectivity index (χ3n) is 2.11. The number of nitrogens with zero attached hydrogens (tertiary/aromatic N) is 1. The quantitative estimate of drug-likeness (QED) is 0.604. The molecule has 0 unspecified atom stereocenters. The maximum atomic E-state index is 11.5. The first-order valence-electron chi connectivity index (χ1n) is 4.58. The maximum absolute atomic E-state index is 11.5. The smallest absolute Gasteiger partial charge is 0.225 e. The number of hydrogen-bond acceptors (Lipinski definition) is 1. The first kappa shape index (κ1) is 8.57. The van der Waals surface area contributed by atoms with Gasteiger partial charge in [0.1, 0.15) is 0 Å². The van der Waals surface area contributed by atoms with E-state index in [1.54, 1.807) is 0 Å². The average Bonchev–Trinajstić information content (AvgIpc) is 2.81. The summed E-state index contributed by atoms with van der Waals surface area (Å²) in [6.45, 7) is 5.98. The summed E-state index contributed by atoms with van der Waals surface area (Å²) in [5.41, 5.74) is 0. The van der Waals surface area contributed by atoms with Crippen molar-refractivity contribution >= 4 is 5.91 Å². The van der Waals surface area contributed by atoms with Gasteiger partial charge >= 0.3 is 0 Å². The number of carbonyl (C=O) groups excluding carboxylic acids is 1. The SMILES string of the molecule is CCCN(CC)C(=O)C1CC1. The molecule has 11 heavy (non-hydrogen) atoms. The van der Waals surface area contributed by atoms with Crippen LogP contribution in [0.25, 0.3) is 0 Å². The Balaban J connectivity index is 2.32. The lowest BCUT2D eigenvalue weighted by molar-refractivity contribution is -0.132. The van der Waals surface area contributed by atoms with Gasteiger partial charge in [0.2, 0.25) is 5.91 Å². The predicted molar refractivity (Wildman–Crippen MR) is 45.3 cm³/mol. The van der Waals surface area contributed by atoms with Crippen LogP contribution in [-0.4, -0.2) is 23.9 Å². The molecule has 1 saturated carbocycles. The van der Waals surface area contributed by atoms with E-state index in [1.165, 1.54) is 0 Å². The molecule has 64 valence electrons. The van der Waals surface area contributed by atoms with Gasteiger partial charge in [0.05, 0.1) is 0 Å². The van der Waals surface area contributed by atoms with Crippen LogP contribution in [0.3, 0.4) is 0 Å². The Kier molecular flexibility index (Phi) is 2.92. The Bertz CT molecular complexity index is 140. The van der Waals surface area contributed by atoms with Crippen LogP contribution in [0, 0.1) is 5.92 Å². The van der Waals surface area contributed by atoms with Crippen molar-refractivity contribution in [3.05, 3.63) is 0 Å². The maximum Gasteiger partial charge on any atom is 0.225 e. The third-order valence-corrected chi connectivity index (χ3v) is 2.11. The number of amides is 1. The lowest BCUT2D eigenvalue weighted by Gasteiger charge is -2.19. The van der Waals surface area contributed by atoms with Crippen molar-refractivity contribution in [1.82, 2.24) is 4.90 Å². The predicted octanol–water partition coefficient (Wildman–Crippen LogP) is 1.65. The number of hydrogen-bond donors (Lipinski definition) is 0.